The van der Waals surface area contributed by atoms with E-state index in [1.807, 2.05) is 12.2 Å². The van der Waals surface area contributed by atoms with Crippen molar-refractivity contribution < 1.29 is 29.7 Å². The molecule has 0 aromatic heterocycles. The summed E-state index contributed by atoms with van der Waals surface area (Å²) in [7, 11) is 0. The minimum atomic E-state index is 0. The summed E-state index contributed by atoms with van der Waals surface area (Å²) < 4.78 is 0. The Bertz CT molecular complexity index is 1760. The number of benzene rings is 1. The molecule has 5 heterocycles. The van der Waals surface area contributed by atoms with Crippen molar-refractivity contribution in [3.8, 4) is 11.5 Å². The van der Waals surface area contributed by atoms with Gasteiger partial charge in [-0.25, -0.2) is 20.0 Å². The Labute approximate surface area is 291 Å². The smallest absolute Gasteiger partial charge is 0.123 e. The molecule has 6 rings (SSSR count). The Balaban J connectivity index is 0.00000433. The number of aromatic hydroxyl groups is 2. The van der Waals surface area contributed by atoms with Gasteiger partial charge in [0.05, 0.1) is 45.6 Å². The number of hydrogen-bond donors (Lipinski definition) is 2. The van der Waals surface area contributed by atoms with Gasteiger partial charge >= 0.3 is 0 Å². The summed E-state index contributed by atoms with van der Waals surface area (Å²) >= 11 is 0. The molecule has 2 N–H and O–H groups in total. The molecule has 6 nitrogen and oxygen atoms in total. The van der Waals surface area contributed by atoms with E-state index in [9.17, 15) is 10.2 Å². The van der Waals surface area contributed by atoms with Gasteiger partial charge in [0.2, 0.25) is 0 Å². The zero-order valence-electron chi connectivity index (χ0n) is 27.8. The first-order chi connectivity index (χ1) is 22.5. The first kappa shape index (κ1) is 34.4. The van der Waals surface area contributed by atoms with E-state index in [-0.39, 0.29) is 31.0 Å². The number of phenolic OH excluding ortho intramolecular Hbond substituents is 2. The fraction of sp³-hybridized carbons (Fsp3) is 0.350. The summed E-state index contributed by atoms with van der Waals surface area (Å²) in [6.45, 7) is 4.47. The number of unbranched alkanes of at least 4 members (excludes halogenated alkanes) is 8. The van der Waals surface area contributed by atoms with Crippen LogP contribution in [0.5, 0.6) is 11.5 Å². The minimum absolute atomic E-state index is 0. The topological polar surface area (TPSA) is 89.9 Å². The van der Waals surface area contributed by atoms with Crippen molar-refractivity contribution in [3.05, 3.63) is 112 Å². The van der Waals surface area contributed by atoms with Crippen LogP contribution in [0, 0.1) is 0 Å². The van der Waals surface area contributed by atoms with Crippen LogP contribution in [0.3, 0.4) is 0 Å². The average Bonchev–Trinajstić information content (AvgIpc) is 3.88. The zero-order chi connectivity index (χ0) is 31.9. The van der Waals surface area contributed by atoms with E-state index in [0.717, 1.165) is 83.9 Å². The Hall–Kier alpha value is -3.96. The molecule has 5 aliphatic heterocycles. The number of nitrogens with zero attached hydrogens (tertiary/aromatic N) is 4. The van der Waals surface area contributed by atoms with Crippen LogP contribution in [0.25, 0.3) is 5.57 Å². The summed E-state index contributed by atoms with van der Waals surface area (Å²) in [5.41, 5.74) is 10.2. The van der Waals surface area contributed by atoms with Gasteiger partial charge in [-0.15, -0.1) is 0 Å². The van der Waals surface area contributed by atoms with Gasteiger partial charge in [-0.1, -0.05) is 65.2 Å². The van der Waals surface area contributed by atoms with Crippen molar-refractivity contribution in [2.24, 2.45) is 20.0 Å². The number of phenols is 2. The van der Waals surface area contributed by atoms with Gasteiger partial charge in [-0.05, 0) is 98.6 Å². The van der Waals surface area contributed by atoms with Gasteiger partial charge in [-0.3, -0.25) is 0 Å². The third kappa shape index (κ3) is 8.13. The van der Waals surface area contributed by atoms with E-state index in [0.29, 0.717) is 22.5 Å². The maximum absolute atomic E-state index is 11.0. The third-order valence-electron chi connectivity index (χ3n) is 8.96. The predicted molar refractivity (Wildman–Crippen MR) is 192 cm³/mol. The molecule has 7 heteroatoms. The second kappa shape index (κ2) is 16.2. The fourth-order valence-corrected chi connectivity index (χ4v) is 6.46. The summed E-state index contributed by atoms with van der Waals surface area (Å²) in [5, 5.41) is 21.5. The van der Waals surface area contributed by atoms with E-state index >= 15 is 0 Å². The summed E-state index contributed by atoms with van der Waals surface area (Å²) in [4.78, 5) is 20.4. The number of fused-ring (bicyclic) bond motifs is 4. The number of hydrogen-bond acceptors (Lipinski definition) is 6. The van der Waals surface area contributed by atoms with Crippen molar-refractivity contribution in [2.75, 3.05) is 0 Å². The summed E-state index contributed by atoms with van der Waals surface area (Å²) in [6.07, 6.45) is 32.0. The molecule has 0 spiro atoms. The van der Waals surface area contributed by atoms with Crippen LogP contribution in [0.2, 0.25) is 0 Å². The van der Waals surface area contributed by atoms with Gasteiger partial charge < -0.3 is 10.2 Å². The van der Waals surface area contributed by atoms with Crippen molar-refractivity contribution in [3.63, 3.8) is 0 Å². The summed E-state index contributed by atoms with van der Waals surface area (Å²) in [5.74, 6) is 0.139. The molecule has 0 amide bonds. The van der Waals surface area contributed by atoms with Gasteiger partial charge in [0, 0.05) is 41.8 Å². The average molecular weight is 678 g/mol. The second-order valence-corrected chi connectivity index (χ2v) is 12.4. The van der Waals surface area contributed by atoms with E-state index < -0.39 is 0 Å². The molecule has 0 aliphatic carbocycles. The first-order valence-corrected chi connectivity index (χ1v) is 17.1. The maximum Gasteiger partial charge on any atom is 0.123 e. The second-order valence-electron chi connectivity index (χ2n) is 12.4. The monoisotopic (exact) mass is 676 g/mol. The normalized spacial score (nSPS) is 17.8. The van der Waals surface area contributed by atoms with Crippen molar-refractivity contribution in [1.82, 2.24) is 0 Å². The Morgan fingerprint density at radius 1 is 0.553 bits per heavy atom. The molecule has 47 heavy (non-hydrogen) atoms. The van der Waals surface area contributed by atoms with Crippen molar-refractivity contribution in [2.45, 2.75) is 90.9 Å². The number of rotatable bonds is 13. The van der Waals surface area contributed by atoms with E-state index in [2.05, 4.69) is 56.4 Å². The quantitative estimate of drug-likeness (QED) is 0.124. The maximum atomic E-state index is 11.0. The first-order valence-electron chi connectivity index (χ1n) is 17.1. The van der Waals surface area contributed by atoms with Gasteiger partial charge in [0.15, 0.2) is 0 Å². The molecular weight excluding hydrogens is 634 g/mol. The molecule has 5 aliphatic rings. The standard InChI is InChI=1S/C40H44N4O2.Zn/c1-3-5-7-9-11-13-30-33-18-15-27(41-33)25-28-16-19-34(42-28)31(14-12-10-8-6-4-2)36-21-23-38(44-36)40(37-22-20-35(30)43-37)32-26-29(45)17-24-39(32)46;/h15-26,45-46H,3-14H2,1-2H3;. The Morgan fingerprint density at radius 3 is 1.85 bits per heavy atom. The van der Waals surface area contributed by atoms with Crippen LogP contribution in [0.1, 0.15) is 96.5 Å². The SMILES string of the molecule is CCCCCCCC1=C2C=CC(=N2)C=C2C=CC(=N2)C(CCCCCCC)=C2C=CC(=N2)C(c2cc(O)ccc2O)=C2C=CC1=N2.[Zn]. The largest absolute Gasteiger partial charge is 0.508 e. The summed E-state index contributed by atoms with van der Waals surface area (Å²) in [6, 6.07) is 4.60. The van der Waals surface area contributed by atoms with Gasteiger partial charge in [-0.2, -0.15) is 0 Å². The molecule has 0 atom stereocenters. The van der Waals surface area contributed by atoms with E-state index in [1.54, 1.807) is 6.07 Å². The van der Waals surface area contributed by atoms with E-state index in [4.69, 9.17) is 20.0 Å². The van der Waals surface area contributed by atoms with Crippen LogP contribution < -0.4 is 0 Å². The fourth-order valence-electron chi connectivity index (χ4n) is 6.46. The van der Waals surface area contributed by atoms with Crippen molar-refractivity contribution in [1.29, 1.82) is 0 Å². The number of aliphatic imine (C=N–C) groups is 4. The molecule has 238 valence electrons. The third-order valence-corrected chi connectivity index (χ3v) is 8.96. The van der Waals surface area contributed by atoms with E-state index in [1.165, 1.54) is 50.7 Å². The molecule has 0 radical (unpaired) electrons. The number of allylic oxidation sites excluding steroid dienone is 12. The molecule has 1 aromatic carbocycles. The molecule has 8 bridgehead atoms. The van der Waals surface area contributed by atoms with Gasteiger partial charge in [0.25, 0.3) is 0 Å². The predicted octanol–water partition coefficient (Wildman–Crippen LogP) is 9.98. The van der Waals surface area contributed by atoms with Crippen molar-refractivity contribution >= 4 is 28.4 Å². The molecule has 0 unspecified atom stereocenters. The molecule has 0 fully saturated rings. The minimum Gasteiger partial charge on any atom is -0.508 e. The van der Waals surface area contributed by atoms with Crippen LogP contribution in [-0.2, 0) is 19.5 Å². The van der Waals surface area contributed by atoms with Crippen LogP contribution in [0.4, 0.5) is 0 Å². The van der Waals surface area contributed by atoms with Gasteiger partial charge in [0.1, 0.15) is 11.5 Å². The Kier molecular flexibility index (Phi) is 11.9. The molecular formula is C40H44N4O2Zn. The van der Waals surface area contributed by atoms with Crippen LogP contribution in [0.15, 0.2) is 127 Å². The zero-order valence-corrected chi connectivity index (χ0v) is 30.8. The molecule has 0 saturated carbocycles. The Morgan fingerprint density at radius 2 is 1.13 bits per heavy atom. The molecule has 1 aromatic rings. The van der Waals surface area contributed by atoms with Crippen LogP contribution in [-0.4, -0.2) is 33.1 Å². The molecule has 0 saturated heterocycles. The van der Waals surface area contributed by atoms with Crippen LogP contribution >= 0.6 is 0 Å².